The third kappa shape index (κ3) is 5.93. The van der Waals surface area contributed by atoms with Gasteiger partial charge in [0.05, 0.1) is 28.9 Å². The molecule has 0 spiro atoms. The van der Waals surface area contributed by atoms with E-state index in [4.69, 9.17) is 14.2 Å². The molecule has 0 amide bonds. The molecule has 0 radical (unpaired) electrons. The van der Waals surface area contributed by atoms with Gasteiger partial charge >= 0.3 is 28.6 Å². The predicted molar refractivity (Wildman–Crippen MR) is 109 cm³/mol. The molecule has 0 saturated carbocycles. The lowest BCUT2D eigenvalue weighted by molar-refractivity contribution is -0.387. The first-order valence-corrected chi connectivity index (χ1v) is 10.3. The summed E-state index contributed by atoms with van der Waals surface area (Å²) >= 11 is -1.75. The molecule has 2 aromatic rings. The highest BCUT2D eigenvalue weighted by Gasteiger charge is 2.32. The summed E-state index contributed by atoms with van der Waals surface area (Å²) in [6, 6.07) is 6.48. The van der Waals surface area contributed by atoms with Crippen LogP contribution < -0.4 is 14.4 Å². The minimum absolute atomic E-state index is 0.0925. The molecule has 1 heterocycles. The van der Waals surface area contributed by atoms with Crippen LogP contribution in [-0.2, 0) is 20.7 Å². The number of benzene rings is 1. The molecule has 164 valence electrons. The van der Waals surface area contributed by atoms with Crippen molar-refractivity contribution in [3.63, 3.8) is 0 Å². The van der Waals surface area contributed by atoms with Gasteiger partial charge in [-0.1, -0.05) is 0 Å². The highest BCUT2D eigenvalue weighted by atomic mass is 32.2. The van der Waals surface area contributed by atoms with Crippen LogP contribution in [0.4, 0.5) is 11.4 Å². The Morgan fingerprint density at radius 1 is 1.32 bits per heavy atom. The number of nitro groups is 1. The van der Waals surface area contributed by atoms with Crippen LogP contribution in [0.5, 0.6) is 17.5 Å². The normalized spacial score (nSPS) is 11.2. The summed E-state index contributed by atoms with van der Waals surface area (Å²) in [5, 5.41) is 20.6. The second kappa shape index (κ2) is 10.4. The topological polar surface area (TPSA) is 164 Å². The Morgan fingerprint density at radius 2 is 2.00 bits per heavy atom. The summed E-state index contributed by atoms with van der Waals surface area (Å²) in [6.07, 6.45) is 1.27. The quantitative estimate of drug-likeness (QED) is 0.180. The zero-order chi connectivity index (χ0) is 23.1. The van der Waals surface area contributed by atoms with Crippen molar-refractivity contribution < 1.29 is 28.5 Å². The lowest BCUT2D eigenvalue weighted by Crippen LogP contribution is -2.17. The summed E-state index contributed by atoms with van der Waals surface area (Å²) in [5.41, 5.74) is -0.0268. The van der Waals surface area contributed by atoms with E-state index >= 15 is 0 Å². The zero-order valence-electron chi connectivity index (χ0n) is 17.1. The van der Waals surface area contributed by atoms with E-state index in [0.29, 0.717) is 5.69 Å². The van der Waals surface area contributed by atoms with Crippen LogP contribution in [0.25, 0.3) is 0 Å². The van der Waals surface area contributed by atoms with Gasteiger partial charge in [0.25, 0.3) is 0 Å². The Hall–Kier alpha value is -3.63. The van der Waals surface area contributed by atoms with Crippen LogP contribution in [0, 0.1) is 21.4 Å². The van der Waals surface area contributed by atoms with Gasteiger partial charge in [-0.2, -0.15) is 5.26 Å². The van der Waals surface area contributed by atoms with Crippen LogP contribution in [0.1, 0.15) is 12.5 Å². The van der Waals surface area contributed by atoms with Gasteiger partial charge in [-0.15, -0.1) is 9.97 Å². The van der Waals surface area contributed by atoms with E-state index in [1.165, 1.54) is 12.3 Å². The average Bonchev–Trinajstić information content (AvgIpc) is 2.71. The fourth-order valence-corrected chi connectivity index (χ4v) is 2.74. The summed E-state index contributed by atoms with van der Waals surface area (Å²) in [7, 11) is 3.42. The third-order valence-corrected chi connectivity index (χ3v) is 4.35. The molecule has 1 aromatic carbocycles. The minimum Gasteiger partial charge on any atom is -0.609 e. The number of carbonyl (C=O) groups excluding carboxylic acids is 1. The fourth-order valence-electron chi connectivity index (χ4n) is 2.32. The van der Waals surface area contributed by atoms with Crippen molar-refractivity contribution in [2.45, 2.75) is 12.1 Å². The number of esters is 1. The van der Waals surface area contributed by atoms with Gasteiger partial charge in [0, 0.05) is 31.3 Å². The molecular weight excluding hydrogens is 430 g/mol. The largest absolute Gasteiger partial charge is 0.609 e. The van der Waals surface area contributed by atoms with Crippen LogP contribution in [0.3, 0.4) is 0 Å². The van der Waals surface area contributed by atoms with Crippen LogP contribution in [0.15, 0.2) is 23.4 Å². The summed E-state index contributed by atoms with van der Waals surface area (Å²) < 4.78 is 27.5. The molecule has 12 nitrogen and oxygen atoms in total. The molecule has 0 N–H and O–H groups in total. The van der Waals surface area contributed by atoms with Crippen molar-refractivity contribution >= 4 is 28.5 Å². The maximum atomic E-state index is 12.0. The Kier molecular flexibility index (Phi) is 7.94. The number of hydrogen-bond donors (Lipinski definition) is 0. The average molecular weight is 449 g/mol. The molecule has 1 atom stereocenters. The Morgan fingerprint density at radius 3 is 2.55 bits per heavy atom. The first-order chi connectivity index (χ1) is 14.7. The number of carbonyl (C=O) groups is 1. The molecule has 2 rings (SSSR count). The Bertz CT molecular complexity index is 1020. The predicted octanol–water partition coefficient (Wildman–Crippen LogP) is 1.79. The van der Waals surface area contributed by atoms with Gasteiger partial charge in [-0.25, -0.2) is 4.79 Å². The highest BCUT2D eigenvalue weighted by molar-refractivity contribution is 7.90. The smallest absolute Gasteiger partial charge is 0.393 e. The number of rotatable bonds is 9. The van der Waals surface area contributed by atoms with E-state index in [1.807, 2.05) is 6.07 Å². The standard InChI is InChI=1S/C18H19N5O7S/c1-5-28-14(24)10-29-16-15(23(25)26)17(21-18(20-16)31(4)27)30-13-8-11(9-19)6-7-12(13)22(2)3/h6-8H,5,10H2,1-4H3. The summed E-state index contributed by atoms with van der Waals surface area (Å²) in [4.78, 5) is 31.8. The maximum Gasteiger partial charge on any atom is 0.393 e. The molecule has 1 aromatic heterocycles. The lowest BCUT2D eigenvalue weighted by atomic mass is 10.2. The lowest BCUT2D eigenvalue weighted by Gasteiger charge is -2.18. The molecule has 0 bridgehead atoms. The number of nitrogens with zero attached hydrogens (tertiary/aromatic N) is 5. The monoisotopic (exact) mass is 449 g/mol. The molecular formula is C18H19N5O7S. The Labute approximate surface area is 180 Å². The van der Waals surface area contributed by atoms with Gasteiger partial charge in [0.2, 0.25) is 0 Å². The zero-order valence-corrected chi connectivity index (χ0v) is 18.0. The van der Waals surface area contributed by atoms with Crippen molar-refractivity contribution in [3.8, 4) is 23.6 Å². The van der Waals surface area contributed by atoms with E-state index in [2.05, 4.69) is 9.97 Å². The number of anilines is 1. The van der Waals surface area contributed by atoms with Crippen molar-refractivity contribution in [3.05, 3.63) is 33.9 Å². The van der Waals surface area contributed by atoms with E-state index in [0.717, 1.165) is 0 Å². The number of ether oxygens (including phenoxy) is 3. The molecule has 0 saturated heterocycles. The van der Waals surface area contributed by atoms with Crippen LogP contribution in [-0.4, -0.2) is 59.0 Å². The minimum atomic E-state index is -1.75. The van der Waals surface area contributed by atoms with Gasteiger partial charge in [-0.05, 0) is 19.1 Å². The van der Waals surface area contributed by atoms with E-state index < -0.39 is 46.1 Å². The van der Waals surface area contributed by atoms with Crippen LogP contribution in [0.2, 0.25) is 0 Å². The van der Waals surface area contributed by atoms with Crippen molar-refractivity contribution in [2.24, 2.45) is 0 Å². The summed E-state index contributed by atoms with van der Waals surface area (Å²) in [5.74, 6) is -1.83. The molecule has 0 aliphatic rings. The molecule has 0 aliphatic heterocycles. The van der Waals surface area contributed by atoms with Gasteiger partial charge in [-0.3, -0.25) is 10.1 Å². The number of aromatic nitrogens is 2. The Balaban J connectivity index is 2.60. The third-order valence-electron chi connectivity index (χ3n) is 3.65. The first-order valence-electron chi connectivity index (χ1n) is 8.75. The molecule has 13 heteroatoms. The molecule has 0 aliphatic carbocycles. The van der Waals surface area contributed by atoms with Gasteiger partial charge in [0.15, 0.2) is 12.4 Å². The van der Waals surface area contributed by atoms with Gasteiger partial charge in [0.1, 0.15) is 6.26 Å². The number of hydrogen-bond acceptors (Lipinski definition) is 11. The maximum absolute atomic E-state index is 12.0. The van der Waals surface area contributed by atoms with E-state index in [9.17, 15) is 24.7 Å². The second-order valence-electron chi connectivity index (χ2n) is 6.06. The first kappa shape index (κ1) is 23.6. The number of nitriles is 1. The van der Waals surface area contributed by atoms with Gasteiger partial charge < -0.3 is 23.7 Å². The van der Waals surface area contributed by atoms with E-state index in [1.54, 1.807) is 38.1 Å². The van der Waals surface area contributed by atoms with Crippen molar-refractivity contribution in [2.75, 3.05) is 38.5 Å². The van der Waals surface area contributed by atoms with Crippen LogP contribution >= 0.6 is 0 Å². The molecule has 0 fully saturated rings. The highest BCUT2D eigenvalue weighted by Crippen LogP contribution is 2.40. The molecule has 1 unspecified atom stereocenters. The van der Waals surface area contributed by atoms with Crippen molar-refractivity contribution in [1.29, 1.82) is 5.26 Å². The van der Waals surface area contributed by atoms with E-state index in [-0.39, 0.29) is 23.1 Å². The second-order valence-corrected chi connectivity index (χ2v) is 7.33. The van der Waals surface area contributed by atoms with Crippen molar-refractivity contribution in [1.82, 2.24) is 9.97 Å². The SMILES string of the molecule is CCOC(=O)COc1nc([S+](C)[O-])nc(Oc2cc(C#N)ccc2N(C)C)c1[N+](=O)[O-]. The molecule has 31 heavy (non-hydrogen) atoms. The summed E-state index contributed by atoms with van der Waals surface area (Å²) in [6.45, 7) is 1.02. The fraction of sp³-hybridized carbons (Fsp3) is 0.333.